The molecule has 16 nitrogen and oxygen atoms in total. The molecule has 6 heterocycles. The zero-order chi connectivity index (χ0) is 31.4. The molecule has 3 aromatic rings. The summed E-state index contributed by atoms with van der Waals surface area (Å²) in [6, 6.07) is 1.58. The number of hydrogen-bond acceptors (Lipinski definition) is 15. The van der Waals surface area contributed by atoms with E-state index in [-0.39, 0.29) is 30.5 Å². The van der Waals surface area contributed by atoms with Gasteiger partial charge in [0.1, 0.15) is 9.84 Å². The van der Waals surface area contributed by atoms with Crippen LogP contribution in [0, 0.1) is 0 Å². The number of carbonyl (C=O) groups is 2. The van der Waals surface area contributed by atoms with Crippen molar-refractivity contribution in [3.63, 3.8) is 0 Å². The number of nitrogens with one attached hydrogen (secondary N) is 2. The summed E-state index contributed by atoms with van der Waals surface area (Å²) < 4.78 is 48.3. The standard InChI is InChI=1S/C28H38N8O8S/c1-2-18-14-20(44-34-18)22-23(41-16-37)24(42-17-38)27(43-22)36-15-30-21-25(31-19-6-12-45(39,40)13-7-19)32-28(33-26(21)36)29-8-11-35-9-4-3-5-10-35/h14-17,19,22-24,27H,2-13H2,1H3,(H2,29,31,32,33)/t22-,23+,24-,27-/m1/s1. The third kappa shape index (κ3) is 6.89. The van der Waals surface area contributed by atoms with Crippen LogP contribution in [-0.2, 0) is 40.1 Å². The van der Waals surface area contributed by atoms with Gasteiger partial charge >= 0.3 is 0 Å². The van der Waals surface area contributed by atoms with E-state index in [4.69, 9.17) is 28.7 Å². The predicted molar refractivity (Wildman–Crippen MR) is 160 cm³/mol. The molecule has 3 saturated heterocycles. The highest BCUT2D eigenvalue weighted by atomic mass is 32.2. The minimum absolute atomic E-state index is 0.0931. The number of carbonyl (C=O) groups excluding carboxylic acids is 2. The fourth-order valence-corrected chi connectivity index (χ4v) is 7.65. The number of sulfone groups is 1. The summed E-state index contributed by atoms with van der Waals surface area (Å²) in [7, 11) is -3.06. The molecule has 0 bridgehead atoms. The van der Waals surface area contributed by atoms with E-state index >= 15 is 0 Å². The van der Waals surface area contributed by atoms with E-state index in [1.54, 1.807) is 10.6 Å². The Bertz CT molecular complexity index is 1580. The lowest BCUT2D eigenvalue weighted by Crippen LogP contribution is -2.34. The Labute approximate surface area is 260 Å². The summed E-state index contributed by atoms with van der Waals surface area (Å²) in [5.74, 6) is 1.29. The Morgan fingerprint density at radius 2 is 1.82 bits per heavy atom. The molecule has 45 heavy (non-hydrogen) atoms. The lowest BCUT2D eigenvalue weighted by atomic mass is 10.1. The molecular formula is C28H38N8O8S. The molecule has 4 atom stereocenters. The maximum absolute atomic E-state index is 12.0. The van der Waals surface area contributed by atoms with E-state index in [0.29, 0.717) is 60.2 Å². The summed E-state index contributed by atoms with van der Waals surface area (Å²) in [6.07, 6.45) is 2.56. The number of piperidine rings is 1. The van der Waals surface area contributed by atoms with Crippen molar-refractivity contribution < 1.29 is 36.7 Å². The number of rotatable bonds is 13. The van der Waals surface area contributed by atoms with Crippen molar-refractivity contribution in [1.29, 1.82) is 0 Å². The highest BCUT2D eigenvalue weighted by Crippen LogP contribution is 2.43. The summed E-state index contributed by atoms with van der Waals surface area (Å²) in [5, 5.41) is 10.7. The van der Waals surface area contributed by atoms with Crippen LogP contribution in [0.3, 0.4) is 0 Å². The van der Waals surface area contributed by atoms with Crippen LogP contribution in [0.4, 0.5) is 11.8 Å². The van der Waals surface area contributed by atoms with E-state index in [2.05, 4.69) is 25.7 Å². The lowest BCUT2D eigenvalue weighted by molar-refractivity contribution is -0.151. The Hall–Kier alpha value is -3.83. The summed E-state index contributed by atoms with van der Waals surface area (Å²) in [5.41, 5.74) is 1.48. The van der Waals surface area contributed by atoms with Crippen molar-refractivity contribution in [2.45, 2.75) is 76.0 Å². The molecule has 0 saturated carbocycles. The van der Waals surface area contributed by atoms with Gasteiger partial charge in [0.05, 0.1) is 23.5 Å². The van der Waals surface area contributed by atoms with Crippen LogP contribution in [0.15, 0.2) is 16.9 Å². The molecule has 0 aromatic carbocycles. The Kier molecular flexibility index (Phi) is 9.46. The predicted octanol–water partition coefficient (Wildman–Crippen LogP) is 1.62. The van der Waals surface area contributed by atoms with Crippen molar-refractivity contribution >= 4 is 45.7 Å². The normalized spacial score (nSPS) is 25.6. The first-order valence-electron chi connectivity index (χ1n) is 15.4. The van der Waals surface area contributed by atoms with Crippen LogP contribution in [0.25, 0.3) is 11.2 Å². The SMILES string of the molecule is CCc1cc([C@H]2O[C@@H](n3cnc4c(NC5CCS(=O)(=O)CC5)nc(NCCN5CCCCC5)nc43)[C@H](OC=O)[C@H]2OC=O)on1. The van der Waals surface area contributed by atoms with Gasteiger partial charge < -0.3 is 34.3 Å². The number of likely N-dealkylation sites (tertiary alicyclic amines) is 1. The minimum atomic E-state index is -3.06. The van der Waals surface area contributed by atoms with E-state index < -0.39 is 34.4 Å². The fourth-order valence-electron chi connectivity index (χ4n) is 6.16. The molecule has 3 aliphatic heterocycles. The van der Waals surface area contributed by atoms with E-state index in [9.17, 15) is 18.0 Å². The van der Waals surface area contributed by atoms with E-state index in [1.165, 1.54) is 25.6 Å². The van der Waals surface area contributed by atoms with Gasteiger partial charge in [-0.15, -0.1) is 0 Å². The smallest absolute Gasteiger partial charge is 0.293 e. The second kappa shape index (κ2) is 13.7. The van der Waals surface area contributed by atoms with Gasteiger partial charge in [-0.1, -0.05) is 18.5 Å². The second-order valence-corrected chi connectivity index (χ2v) is 13.8. The quantitative estimate of drug-likeness (QED) is 0.254. The number of anilines is 2. The maximum Gasteiger partial charge on any atom is 0.293 e. The van der Waals surface area contributed by atoms with Crippen LogP contribution < -0.4 is 10.6 Å². The molecule has 0 spiro atoms. The van der Waals surface area contributed by atoms with Gasteiger partial charge in [0.25, 0.3) is 12.9 Å². The molecule has 3 aromatic heterocycles. The van der Waals surface area contributed by atoms with Crippen LogP contribution in [0.5, 0.6) is 0 Å². The summed E-state index contributed by atoms with van der Waals surface area (Å²) in [6.45, 7) is 6.01. The highest BCUT2D eigenvalue weighted by Gasteiger charge is 2.52. The average Bonchev–Trinajstić information content (AvgIpc) is 3.77. The second-order valence-electron chi connectivity index (χ2n) is 11.5. The van der Waals surface area contributed by atoms with Crippen molar-refractivity contribution in [3.05, 3.63) is 23.8 Å². The van der Waals surface area contributed by atoms with Gasteiger partial charge in [-0.25, -0.2) is 13.4 Å². The number of imidazole rings is 1. The Balaban J connectivity index is 1.33. The zero-order valence-electron chi connectivity index (χ0n) is 25.0. The molecular weight excluding hydrogens is 608 g/mol. The third-order valence-corrected chi connectivity index (χ3v) is 10.3. The number of nitrogens with zero attached hydrogens (tertiary/aromatic N) is 6. The molecule has 0 amide bonds. The molecule has 0 aliphatic carbocycles. The molecule has 17 heteroatoms. The maximum atomic E-state index is 12.0. The van der Waals surface area contributed by atoms with Crippen LogP contribution in [0.1, 0.15) is 62.8 Å². The van der Waals surface area contributed by atoms with E-state index in [0.717, 1.165) is 19.6 Å². The van der Waals surface area contributed by atoms with Gasteiger partial charge in [0.15, 0.2) is 47.3 Å². The van der Waals surface area contributed by atoms with Crippen molar-refractivity contribution in [1.82, 2.24) is 29.6 Å². The monoisotopic (exact) mass is 646 g/mol. The molecule has 3 fully saturated rings. The van der Waals surface area contributed by atoms with Gasteiger partial charge in [0.2, 0.25) is 5.95 Å². The molecule has 2 N–H and O–H groups in total. The van der Waals surface area contributed by atoms with Crippen molar-refractivity contribution in [3.8, 4) is 0 Å². The van der Waals surface area contributed by atoms with Gasteiger partial charge in [-0.2, -0.15) is 9.97 Å². The molecule has 244 valence electrons. The van der Waals surface area contributed by atoms with Gasteiger partial charge in [0, 0.05) is 25.2 Å². The molecule has 6 rings (SSSR count). The Morgan fingerprint density at radius 1 is 1.07 bits per heavy atom. The zero-order valence-corrected chi connectivity index (χ0v) is 25.9. The largest absolute Gasteiger partial charge is 0.457 e. The van der Waals surface area contributed by atoms with Crippen LogP contribution in [-0.4, -0.2) is 107 Å². The van der Waals surface area contributed by atoms with Crippen LogP contribution in [0.2, 0.25) is 0 Å². The average molecular weight is 647 g/mol. The lowest BCUT2D eigenvalue weighted by Gasteiger charge is -2.26. The minimum Gasteiger partial charge on any atom is -0.457 e. The Morgan fingerprint density at radius 3 is 2.53 bits per heavy atom. The molecule has 0 radical (unpaired) electrons. The van der Waals surface area contributed by atoms with Gasteiger partial charge in [-0.05, 0) is 45.2 Å². The highest BCUT2D eigenvalue weighted by molar-refractivity contribution is 7.91. The van der Waals surface area contributed by atoms with Gasteiger partial charge in [-0.3, -0.25) is 14.2 Å². The fraction of sp³-hybridized carbons (Fsp3) is 0.643. The number of aromatic nitrogens is 5. The van der Waals surface area contributed by atoms with E-state index in [1.807, 2.05) is 6.92 Å². The molecule has 0 unspecified atom stereocenters. The number of aryl methyl sites for hydroxylation is 1. The first kappa shape index (κ1) is 31.2. The molecule has 3 aliphatic rings. The topological polar surface area (TPSA) is 193 Å². The first-order valence-corrected chi connectivity index (χ1v) is 17.2. The van der Waals surface area contributed by atoms with Crippen LogP contribution >= 0.6 is 0 Å². The third-order valence-electron chi connectivity index (χ3n) is 8.59. The first-order chi connectivity index (χ1) is 21.9. The van der Waals surface area contributed by atoms with Crippen molar-refractivity contribution in [2.75, 3.05) is 48.3 Å². The number of fused-ring (bicyclic) bond motifs is 1. The van der Waals surface area contributed by atoms with Crippen molar-refractivity contribution in [2.24, 2.45) is 0 Å². The number of ether oxygens (including phenoxy) is 3. The summed E-state index contributed by atoms with van der Waals surface area (Å²) in [4.78, 5) is 39.6. The summed E-state index contributed by atoms with van der Waals surface area (Å²) >= 11 is 0. The number of hydrogen-bond donors (Lipinski definition) is 2.